The smallest absolute Gasteiger partial charge is 0.354 e. The number of aliphatic hydroxyl groups excluding tert-OH is 2. The number of hydrogen-bond donors (Lipinski definition) is 6. The fraction of sp³-hybridized carbons (Fsp3) is 0.217. The van der Waals surface area contributed by atoms with Crippen molar-refractivity contribution in [1.82, 2.24) is 14.5 Å². The molecular formula is C23H22N4O9. The summed E-state index contributed by atoms with van der Waals surface area (Å²) < 4.78 is 11.7. The number of phenols is 3. The number of ether oxygens (including phenoxy) is 1. The highest BCUT2D eigenvalue weighted by Crippen LogP contribution is 2.30. The van der Waals surface area contributed by atoms with Crippen LogP contribution in [-0.4, -0.2) is 58.9 Å². The second-order valence-corrected chi connectivity index (χ2v) is 7.88. The number of benzene rings is 2. The molecule has 1 saturated heterocycles. The number of aromatic hydroxyl groups is 3. The first kappa shape index (κ1) is 24.7. The summed E-state index contributed by atoms with van der Waals surface area (Å²) in [5.41, 5.74) is 5.17. The van der Waals surface area contributed by atoms with E-state index in [9.17, 15) is 30.0 Å². The maximum absolute atomic E-state index is 12.4. The number of aliphatic hydroxyl groups is 2. The quantitative estimate of drug-likeness (QED) is 0.227. The van der Waals surface area contributed by atoms with Crippen LogP contribution in [0, 0.1) is 0 Å². The van der Waals surface area contributed by atoms with Crippen molar-refractivity contribution in [1.29, 1.82) is 0 Å². The first-order chi connectivity index (χ1) is 17.2. The zero-order chi connectivity index (χ0) is 26.0. The molecule has 188 valence electrons. The molecular weight excluding hydrogens is 476 g/mol. The van der Waals surface area contributed by atoms with Crippen molar-refractivity contribution in [3.8, 4) is 28.4 Å². The minimum atomic E-state index is -0.806. The third kappa shape index (κ3) is 4.98. The van der Waals surface area contributed by atoms with Gasteiger partial charge in [0.05, 0.1) is 18.3 Å². The highest BCUT2D eigenvalue weighted by Gasteiger charge is 2.35. The van der Waals surface area contributed by atoms with Gasteiger partial charge in [-0.3, -0.25) is 9.36 Å². The molecule has 0 radical (unpaired) electrons. The van der Waals surface area contributed by atoms with E-state index in [4.69, 9.17) is 20.0 Å². The molecule has 0 unspecified atom stereocenters. The Morgan fingerprint density at radius 1 is 1.08 bits per heavy atom. The van der Waals surface area contributed by atoms with E-state index >= 15 is 0 Å². The van der Waals surface area contributed by atoms with Gasteiger partial charge in [-0.1, -0.05) is 12.1 Å². The predicted octanol–water partition coefficient (Wildman–Crippen LogP) is 0.438. The number of nitrogen functional groups attached to an aromatic ring is 1. The van der Waals surface area contributed by atoms with Crippen LogP contribution in [0.1, 0.15) is 12.6 Å². The standard InChI is InChI=1S/C15H10O5.C8H12N4O4/c16-9-3-1-8(2-4-9)11-7-20-13-6-10(17)5-12(18)14(13)15(11)19;9-7-10-3-12(8(15)11-7)6-1-4(14)5(2-13)16-6/h1-7,16-18H;3-6,13-14H,1-2H2,(H2,9,11,15)/t;4-,5+,6+/m.0/s1. The van der Waals surface area contributed by atoms with Gasteiger partial charge in [0.2, 0.25) is 11.4 Å². The van der Waals surface area contributed by atoms with E-state index in [1.165, 1.54) is 30.8 Å². The van der Waals surface area contributed by atoms with Crippen molar-refractivity contribution in [2.24, 2.45) is 0 Å². The molecule has 0 amide bonds. The number of aromatic nitrogens is 3. The SMILES string of the molecule is Nc1ncn([C@H]2C[C@H](O)[C@@H](CO)O2)c(=O)n1.O=c1c(-c2ccc(O)cc2)coc2cc(O)cc(O)c12. The number of rotatable bonds is 3. The van der Waals surface area contributed by atoms with Gasteiger partial charge in [0.25, 0.3) is 0 Å². The second kappa shape index (κ2) is 10.0. The van der Waals surface area contributed by atoms with E-state index in [0.29, 0.717) is 5.56 Å². The lowest BCUT2D eigenvalue weighted by atomic mass is 10.0. The molecule has 1 aliphatic rings. The Bertz CT molecular complexity index is 1500. The van der Waals surface area contributed by atoms with E-state index < -0.39 is 29.6 Å². The highest BCUT2D eigenvalue weighted by molar-refractivity contribution is 5.87. The molecule has 4 aromatic rings. The summed E-state index contributed by atoms with van der Waals surface area (Å²) in [6.07, 6.45) is 0.519. The van der Waals surface area contributed by atoms with Crippen LogP contribution < -0.4 is 16.9 Å². The molecule has 2 aromatic carbocycles. The molecule has 5 rings (SSSR count). The zero-order valence-corrected chi connectivity index (χ0v) is 18.6. The minimum Gasteiger partial charge on any atom is -0.508 e. The van der Waals surface area contributed by atoms with Crippen LogP contribution in [0.5, 0.6) is 17.2 Å². The Morgan fingerprint density at radius 3 is 2.44 bits per heavy atom. The number of fused-ring (bicyclic) bond motifs is 1. The number of nitrogens with zero attached hydrogens (tertiary/aromatic N) is 3. The predicted molar refractivity (Wildman–Crippen MR) is 125 cm³/mol. The molecule has 0 aliphatic carbocycles. The second-order valence-electron chi connectivity index (χ2n) is 7.88. The van der Waals surface area contributed by atoms with Gasteiger partial charge in [0, 0.05) is 18.6 Å². The van der Waals surface area contributed by atoms with Gasteiger partial charge < -0.3 is 40.4 Å². The maximum atomic E-state index is 12.4. The normalized spacial score (nSPS) is 19.1. The summed E-state index contributed by atoms with van der Waals surface area (Å²) in [5, 5.41) is 46.8. The molecule has 3 atom stereocenters. The van der Waals surface area contributed by atoms with Crippen molar-refractivity contribution < 1.29 is 34.7 Å². The average molecular weight is 498 g/mol. The molecule has 0 spiro atoms. The van der Waals surface area contributed by atoms with Crippen LogP contribution in [0.25, 0.3) is 22.1 Å². The van der Waals surface area contributed by atoms with E-state index in [1.54, 1.807) is 12.1 Å². The molecule has 1 fully saturated rings. The number of anilines is 1. The molecule has 13 nitrogen and oxygen atoms in total. The fourth-order valence-electron chi connectivity index (χ4n) is 3.66. The van der Waals surface area contributed by atoms with Crippen LogP contribution in [0.2, 0.25) is 0 Å². The van der Waals surface area contributed by atoms with E-state index in [0.717, 1.165) is 10.6 Å². The molecule has 7 N–H and O–H groups in total. The topological polar surface area (TPSA) is 214 Å². The van der Waals surface area contributed by atoms with E-state index in [2.05, 4.69) is 9.97 Å². The lowest BCUT2D eigenvalue weighted by Gasteiger charge is -2.13. The molecule has 36 heavy (non-hydrogen) atoms. The molecule has 0 saturated carbocycles. The molecule has 3 heterocycles. The first-order valence-electron chi connectivity index (χ1n) is 10.6. The lowest BCUT2D eigenvalue weighted by Crippen LogP contribution is -2.28. The molecule has 0 bridgehead atoms. The van der Waals surface area contributed by atoms with Crippen molar-refractivity contribution in [2.45, 2.75) is 24.9 Å². The Kier molecular flexibility index (Phi) is 6.87. The van der Waals surface area contributed by atoms with Gasteiger partial charge in [-0.2, -0.15) is 4.98 Å². The molecule has 2 aromatic heterocycles. The largest absolute Gasteiger partial charge is 0.508 e. The molecule has 13 heteroatoms. The highest BCUT2D eigenvalue weighted by atomic mass is 16.5. The monoisotopic (exact) mass is 498 g/mol. The van der Waals surface area contributed by atoms with Crippen LogP contribution in [0.15, 0.2) is 63.0 Å². The summed E-state index contributed by atoms with van der Waals surface area (Å²) in [6.45, 7) is -0.303. The van der Waals surface area contributed by atoms with Gasteiger partial charge in [0.1, 0.15) is 53.1 Å². The van der Waals surface area contributed by atoms with E-state index in [-0.39, 0.29) is 52.8 Å². The summed E-state index contributed by atoms with van der Waals surface area (Å²) >= 11 is 0. The van der Waals surface area contributed by atoms with Gasteiger partial charge in [-0.25, -0.2) is 9.78 Å². The summed E-state index contributed by atoms with van der Waals surface area (Å²) in [4.78, 5) is 30.9. The summed E-state index contributed by atoms with van der Waals surface area (Å²) in [6, 6.07) is 8.40. The van der Waals surface area contributed by atoms with Crippen LogP contribution >= 0.6 is 0 Å². The van der Waals surface area contributed by atoms with Crippen molar-refractivity contribution in [3.05, 3.63) is 69.7 Å². The van der Waals surface area contributed by atoms with Gasteiger partial charge in [-0.15, -0.1) is 0 Å². The fourth-order valence-corrected chi connectivity index (χ4v) is 3.66. The number of hydrogen-bond acceptors (Lipinski definition) is 12. The zero-order valence-electron chi connectivity index (χ0n) is 18.6. The average Bonchev–Trinajstić information content (AvgIpc) is 3.20. The van der Waals surface area contributed by atoms with E-state index in [1.807, 2.05) is 0 Å². The van der Waals surface area contributed by atoms with Gasteiger partial charge >= 0.3 is 5.69 Å². The maximum Gasteiger partial charge on any atom is 0.354 e. The van der Waals surface area contributed by atoms with Crippen molar-refractivity contribution in [3.63, 3.8) is 0 Å². The minimum absolute atomic E-state index is 0.00775. The Morgan fingerprint density at radius 2 is 1.81 bits per heavy atom. The Hall–Kier alpha value is -4.46. The summed E-state index contributed by atoms with van der Waals surface area (Å²) in [5.74, 6) is -0.546. The van der Waals surface area contributed by atoms with Gasteiger partial charge in [-0.05, 0) is 17.7 Å². The number of nitrogens with two attached hydrogens (primary N) is 1. The summed E-state index contributed by atoms with van der Waals surface area (Å²) in [7, 11) is 0. The Balaban J connectivity index is 0.000000174. The Labute approximate surface area is 201 Å². The lowest BCUT2D eigenvalue weighted by molar-refractivity contribution is -0.0462. The molecule has 1 aliphatic heterocycles. The first-order valence-corrected chi connectivity index (χ1v) is 10.6. The van der Waals surface area contributed by atoms with Crippen molar-refractivity contribution in [2.75, 3.05) is 12.3 Å². The van der Waals surface area contributed by atoms with Crippen LogP contribution in [-0.2, 0) is 4.74 Å². The number of phenolic OH excluding ortho intramolecular Hbond substituents is 3. The third-order valence-electron chi connectivity index (χ3n) is 5.46. The van der Waals surface area contributed by atoms with Crippen LogP contribution in [0.4, 0.5) is 5.95 Å². The van der Waals surface area contributed by atoms with Crippen LogP contribution in [0.3, 0.4) is 0 Å². The van der Waals surface area contributed by atoms with Gasteiger partial charge in [0.15, 0.2) is 0 Å². The van der Waals surface area contributed by atoms with Crippen molar-refractivity contribution >= 4 is 16.9 Å². The third-order valence-corrected chi connectivity index (χ3v) is 5.46.